The van der Waals surface area contributed by atoms with Gasteiger partial charge in [-0.3, -0.25) is 9.59 Å². The molecule has 11 atom stereocenters. The Morgan fingerprint density at radius 1 is 0.618 bits per heavy atom. The van der Waals surface area contributed by atoms with E-state index in [1.807, 2.05) is 133 Å². The second-order valence-electron chi connectivity index (χ2n) is 16.5. The van der Waals surface area contributed by atoms with Crippen molar-refractivity contribution in [3.63, 3.8) is 0 Å². The summed E-state index contributed by atoms with van der Waals surface area (Å²) in [6, 6.07) is 45.6. The number of fused-ring (bicyclic) bond motifs is 1. The molecule has 3 heterocycles. The zero-order valence-corrected chi connectivity index (χ0v) is 38.2. The highest BCUT2D eigenvalue weighted by Gasteiger charge is 2.55. The van der Waals surface area contributed by atoms with Crippen LogP contribution in [0.5, 0.6) is 5.75 Å². The van der Waals surface area contributed by atoms with Gasteiger partial charge in [-0.25, -0.2) is 0 Å². The molecule has 0 radical (unpaired) electrons. The SMILES string of the molecule is C=CCOc1ccccc1CC(=O)O[C@H]1[C@H](OC[C@H]2O[C@H](OC)[C@H](OCc3ccccc3)[C@@H](OC(C)=O)[C@@H]2OCc2ccccc2)O[C@@H]2COC(c3ccccc3)O[C@@H]2[C@@H]1OCc1ccccc1. The predicted molar refractivity (Wildman–Crippen MR) is 247 cm³/mol. The first-order chi connectivity index (χ1) is 33.4. The van der Waals surface area contributed by atoms with Crippen LogP contribution < -0.4 is 4.74 Å². The number of rotatable bonds is 21. The maximum absolute atomic E-state index is 14.3. The first-order valence-corrected chi connectivity index (χ1v) is 22.8. The third-order valence-electron chi connectivity index (χ3n) is 11.7. The average molecular weight is 931 g/mol. The highest BCUT2D eigenvalue weighted by Crippen LogP contribution is 2.38. The van der Waals surface area contributed by atoms with Gasteiger partial charge >= 0.3 is 11.9 Å². The van der Waals surface area contributed by atoms with Crippen molar-refractivity contribution in [2.24, 2.45) is 0 Å². The third-order valence-corrected chi connectivity index (χ3v) is 11.7. The largest absolute Gasteiger partial charge is 0.489 e. The zero-order chi connectivity index (χ0) is 47.1. The molecule has 5 aromatic carbocycles. The van der Waals surface area contributed by atoms with Crippen molar-refractivity contribution in [3.8, 4) is 5.75 Å². The molecule has 0 spiro atoms. The van der Waals surface area contributed by atoms with Gasteiger partial charge in [0.15, 0.2) is 31.1 Å². The smallest absolute Gasteiger partial charge is 0.310 e. The second kappa shape index (κ2) is 24.5. The molecule has 0 N–H and O–H groups in total. The number of carbonyl (C=O) groups excluding carboxylic acids is 2. The van der Waals surface area contributed by atoms with E-state index in [0.717, 1.165) is 22.3 Å². The molecule has 3 aliphatic rings. The van der Waals surface area contributed by atoms with Gasteiger partial charge in [0.2, 0.25) is 0 Å². The second-order valence-corrected chi connectivity index (χ2v) is 16.5. The van der Waals surface area contributed by atoms with Crippen LogP contribution in [-0.4, -0.2) is 100 Å². The molecule has 0 aromatic heterocycles. The average Bonchev–Trinajstić information content (AvgIpc) is 3.37. The van der Waals surface area contributed by atoms with E-state index in [4.69, 9.17) is 56.8 Å². The lowest BCUT2D eigenvalue weighted by Crippen LogP contribution is -2.65. The van der Waals surface area contributed by atoms with Gasteiger partial charge in [-0.2, -0.15) is 0 Å². The Morgan fingerprint density at radius 2 is 1.19 bits per heavy atom. The normalized spacial score (nSPS) is 26.8. The van der Waals surface area contributed by atoms with E-state index in [-0.39, 0.29) is 46.1 Å². The van der Waals surface area contributed by atoms with Crippen LogP contribution in [0.1, 0.15) is 41.0 Å². The van der Waals surface area contributed by atoms with Gasteiger partial charge in [0.25, 0.3) is 0 Å². The van der Waals surface area contributed by atoms with Crippen molar-refractivity contribution in [1.82, 2.24) is 0 Å². The molecular formula is C54H58O14. The molecule has 8 rings (SSSR count). The molecule has 358 valence electrons. The summed E-state index contributed by atoms with van der Waals surface area (Å²) in [6.07, 6.45) is -9.00. The highest BCUT2D eigenvalue weighted by atomic mass is 16.8. The van der Waals surface area contributed by atoms with E-state index in [1.54, 1.807) is 18.2 Å². The number of hydrogen-bond acceptors (Lipinski definition) is 14. The summed E-state index contributed by atoms with van der Waals surface area (Å²) in [5.74, 6) is -0.627. The molecule has 0 amide bonds. The number of esters is 2. The molecule has 3 fully saturated rings. The molecule has 1 unspecified atom stereocenters. The molecule has 0 saturated carbocycles. The molecular weight excluding hydrogens is 873 g/mol. The maximum Gasteiger partial charge on any atom is 0.310 e. The fourth-order valence-electron chi connectivity index (χ4n) is 8.46. The van der Waals surface area contributed by atoms with E-state index < -0.39 is 79.6 Å². The zero-order valence-electron chi connectivity index (χ0n) is 38.2. The first kappa shape index (κ1) is 48.7. The van der Waals surface area contributed by atoms with Crippen molar-refractivity contribution in [2.75, 3.05) is 26.9 Å². The van der Waals surface area contributed by atoms with Crippen LogP contribution in [0.4, 0.5) is 0 Å². The summed E-state index contributed by atoms with van der Waals surface area (Å²) in [4.78, 5) is 27.2. The van der Waals surface area contributed by atoms with Gasteiger partial charge < -0.3 is 56.8 Å². The van der Waals surface area contributed by atoms with Crippen LogP contribution >= 0.6 is 0 Å². The molecule has 5 aromatic rings. The van der Waals surface area contributed by atoms with Gasteiger partial charge in [-0.05, 0) is 22.8 Å². The van der Waals surface area contributed by atoms with Crippen molar-refractivity contribution < 1.29 is 66.4 Å². The Labute approximate surface area is 396 Å². The topological polar surface area (TPSA) is 145 Å². The van der Waals surface area contributed by atoms with E-state index in [9.17, 15) is 9.59 Å². The lowest BCUT2D eigenvalue weighted by Gasteiger charge is -2.49. The minimum atomic E-state index is -1.26. The van der Waals surface area contributed by atoms with Gasteiger partial charge in [0.05, 0.1) is 39.5 Å². The van der Waals surface area contributed by atoms with Crippen molar-refractivity contribution in [1.29, 1.82) is 0 Å². The number of carbonyl (C=O) groups is 2. The molecule has 3 saturated heterocycles. The Kier molecular flexibility index (Phi) is 17.5. The minimum Gasteiger partial charge on any atom is -0.489 e. The van der Waals surface area contributed by atoms with Crippen molar-refractivity contribution in [3.05, 3.63) is 186 Å². The number of hydrogen-bond donors (Lipinski definition) is 0. The van der Waals surface area contributed by atoms with Gasteiger partial charge in [-0.1, -0.05) is 152 Å². The third kappa shape index (κ3) is 12.8. The van der Waals surface area contributed by atoms with E-state index >= 15 is 0 Å². The van der Waals surface area contributed by atoms with Crippen LogP contribution in [0.25, 0.3) is 0 Å². The van der Waals surface area contributed by atoms with Crippen molar-refractivity contribution in [2.45, 2.75) is 101 Å². The minimum absolute atomic E-state index is 0.105. The Hall–Kier alpha value is -5.78. The van der Waals surface area contributed by atoms with Crippen LogP contribution in [0, 0.1) is 0 Å². The highest BCUT2D eigenvalue weighted by molar-refractivity contribution is 5.74. The van der Waals surface area contributed by atoms with E-state index in [1.165, 1.54) is 14.0 Å². The number of benzene rings is 5. The molecule has 0 bridgehead atoms. The van der Waals surface area contributed by atoms with Crippen LogP contribution in [-0.2, 0) is 87.9 Å². The lowest BCUT2D eigenvalue weighted by atomic mass is 9.96. The van der Waals surface area contributed by atoms with E-state index in [2.05, 4.69) is 6.58 Å². The van der Waals surface area contributed by atoms with Crippen LogP contribution in [0.3, 0.4) is 0 Å². The predicted octanol–water partition coefficient (Wildman–Crippen LogP) is 7.62. The van der Waals surface area contributed by atoms with Gasteiger partial charge in [0.1, 0.15) is 49.0 Å². The Bertz CT molecular complexity index is 2320. The van der Waals surface area contributed by atoms with Crippen LogP contribution in [0.15, 0.2) is 158 Å². The Balaban J connectivity index is 1.11. The van der Waals surface area contributed by atoms with E-state index in [0.29, 0.717) is 11.3 Å². The summed E-state index contributed by atoms with van der Waals surface area (Å²) in [7, 11) is 1.48. The maximum atomic E-state index is 14.3. The summed E-state index contributed by atoms with van der Waals surface area (Å²) < 4.78 is 77.1. The summed E-state index contributed by atoms with van der Waals surface area (Å²) in [5, 5.41) is 0. The molecule has 0 aliphatic carbocycles. The summed E-state index contributed by atoms with van der Waals surface area (Å²) in [6.45, 7) is 5.69. The Morgan fingerprint density at radius 3 is 1.79 bits per heavy atom. The fraction of sp³-hybridized carbons (Fsp3) is 0.370. The molecule has 14 nitrogen and oxygen atoms in total. The van der Waals surface area contributed by atoms with Gasteiger partial charge in [0, 0.05) is 25.2 Å². The molecule has 68 heavy (non-hydrogen) atoms. The number of para-hydroxylation sites is 1. The molecule has 3 aliphatic heterocycles. The fourth-order valence-corrected chi connectivity index (χ4v) is 8.46. The molecule has 14 heteroatoms. The standard InChI is InChI=1S/C54H58O14/c1-4-29-58-42-28-18-17-27-41(42)30-45(56)67-51-48(60-32-38-21-11-6-12-22-38)47-44(35-62-52(68-47)40-25-15-8-16-26-40)66-54(51)63-34-43-46(59-31-37-19-9-5-10-20-37)49(64-36(2)55)50(53(57-3)65-43)61-33-39-23-13-7-14-24-39/h4-28,43-44,46-54H,1,29-35H2,2-3H3/t43-,44-,46-,47+,48+,49+,50-,51-,52?,53+,54-/m1/s1. The quantitative estimate of drug-likeness (QED) is 0.0526. The van der Waals surface area contributed by atoms with Crippen LogP contribution in [0.2, 0.25) is 0 Å². The first-order valence-electron chi connectivity index (χ1n) is 22.8. The summed E-state index contributed by atoms with van der Waals surface area (Å²) in [5.41, 5.74) is 4.07. The van der Waals surface area contributed by atoms with Gasteiger partial charge in [-0.15, -0.1) is 0 Å². The lowest BCUT2D eigenvalue weighted by molar-refractivity contribution is -0.374. The van der Waals surface area contributed by atoms with Crippen molar-refractivity contribution >= 4 is 11.9 Å². The monoisotopic (exact) mass is 930 g/mol. The number of ether oxygens (including phenoxy) is 12. The summed E-state index contributed by atoms with van der Waals surface area (Å²) >= 11 is 0. The number of methoxy groups -OCH3 is 1.